The molecular formula is C15H23BrFNO. The van der Waals surface area contributed by atoms with Crippen molar-refractivity contribution in [3.8, 4) is 5.75 Å². The van der Waals surface area contributed by atoms with Crippen molar-refractivity contribution >= 4 is 15.9 Å². The lowest BCUT2D eigenvalue weighted by Gasteiger charge is -2.07. The van der Waals surface area contributed by atoms with Gasteiger partial charge in [0.15, 0.2) is 0 Å². The Balaban J connectivity index is 2.00. The SMILES string of the molecule is CCCNCCCCCCOc1ccc(F)c(Br)c1. The predicted molar refractivity (Wildman–Crippen MR) is 81.2 cm³/mol. The molecule has 2 nitrogen and oxygen atoms in total. The standard InChI is InChI=1S/C15H23BrFNO/c1-2-9-18-10-5-3-4-6-11-19-13-7-8-15(17)14(16)12-13/h7-8,12,18H,2-6,9-11H2,1H3. The molecule has 0 fully saturated rings. The molecular weight excluding hydrogens is 309 g/mol. The van der Waals surface area contributed by atoms with Crippen LogP contribution in [0.1, 0.15) is 39.0 Å². The van der Waals surface area contributed by atoms with Gasteiger partial charge >= 0.3 is 0 Å². The largest absolute Gasteiger partial charge is 0.494 e. The van der Waals surface area contributed by atoms with Crippen LogP contribution in [0, 0.1) is 5.82 Å². The normalized spacial score (nSPS) is 10.7. The van der Waals surface area contributed by atoms with E-state index in [4.69, 9.17) is 4.74 Å². The Kier molecular flexibility index (Phi) is 8.84. The molecule has 0 aliphatic carbocycles. The van der Waals surface area contributed by atoms with Crippen LogP contribution in [0.5, 0.6) is 5.75 Å². The van der Waals surface area contributed by atoms with E-state index in [2.05, 4.69) is 28.2 Å². The molecule has 1 aromatic rings. The molecule has 0 aliphatic heterocycles. The quantitative estimate of drug-likeness (QED) is 0.636. The summed E-state index contributed by atoms with van der Waals surface area (Å²) in [4.78, 5) is 0. The minimum absolute atomic E-state index is 0.257. The molecule has 108 valence electrons. The third-order valence-electron chi connectivity index (χ3n) is 2.83. The number of hydrogen-bond acceptors (Lipinski definition) is 2. The summed E-state index contributed by atoms with van der Waals surface area (Å²) >= 11 is 3.15. The fraction of sp³-hybridized carbons (Fsp3) is 0.600. The van der Waals surface area contributed by atoms with Crippen molar-refractivity contribution in [2.24, 2.45) is 0 Å². The topological polar surface area (TPSA) is 21.3 Å². The highest BCUT2D eigenvalue weighted by Crippen LogP contribution is 2.21. The van der Waals surface area contributed by atoms with Gasteiger partial charge in [-0.1, -0.05) is 19.8 Å². The molecule has 4 heteroatoms. The summed E-state index contributed by atoms with van der Waals surface area (Å²) < 4.78 is 19.0. The van der Waals surface area contributed by atoms with Crippen LogP contribution in [-0.4, -0.2) is 19.7 Å². The van der Waals surface area contributed by atoms with Crippen LogP contribution in [0.15, 0.2) is 22.7 Å². The molecule has 0 saturated heterocycles. The van der Waals surface area contributed by atoms with Crippen LogP contribution < -0.4 is 10.1 Å². The average Bonchev–Trinajstić information content (AvgIpc) is 2.41. The highest BCUT2D eigenvalue weighted by molar-refractivity contribution is 9.10. The number of nitrogens with one attached hydrogen (secondary N) is 1. The minimum atomic E-state index is -0.257. The molecule has 1 rings (SSSR count). The molecule has 0 saturated carbocycles. The summed E-state index contributed by atoms with van der Waals surface area (Å²) in [5, 5.41) is 3.39. The van der Waals surface area contributed by atoms with Crippen molar-refractivity contribution in [2.75, 3.05) is 19.7 Å². The molecule has 0 spiro atoms. The van der Waals surface area contributed by atoms with E-state index < -0.39 is 0 Å². The Morgan fingerprint density at radius 1 is 1.16 bits per heavy atom. The van der Waals surface area contributed by atoms with Gasteiger partial charge in [0.1, 0.15) is 11.6 Å². The van der Waals surface area contributed by atoms with Crippen LogP contribution >= 0.6 is 15.9 Å². The van der Waals surface area contributed by atoms with Gasteiger partial charge in [0.2, 0.25) is 0 Å². The smallest absolute Gasteiger partial charge is 0.137 e. The number of ether oxygens (including phenoxy) is 1. The zero-order valence-electron chi connectivity index (χ0n) is 11.6. The first-order chi connectivity index (χ1) is 9.24. The number of halogens is 2. The van der Waals surface area contributed by atoms with E-state index in [0.29, 0.717) is 11.1 Å². The Morgan fingerprint density at radius 3 is 2.68 bits per heavy atom. The van der Waals surface area contributed by atoms with E-state index in [-0.39, 0.29) is 5.82 Å². The minimum Gasteiger partial charge on any atom is -0.494 e. The maximum absolute atomic E-state index is 13.0. The molecule has 0 atom stereocenters. The molecule has 0 heterocycles. The van der Waals surface area contributed by atoms with Gasteiger partial charge in [-0.2, -0.15) is 0 Å². The molecule has 1 N–H and O–H groups in total. The molecule has 0 aromatic heterocycles. The van der Waals surface area contributed by atoms with Gasteiger partial charge in [0, 0.05) is 0 Å². The van der Waals surface area contributed by atoms with Gasteiger partial charge in [-0.25, -0.2) is 4.39 Å². The van der Waals surface area contributed by atoms with Crippen molar-refractivity contribution in [2.45, 2.75) is 39.0 Å². The van der Waals surface area contributed by atoms with Crippen LogP contribution in [0.4, 0.5) is 4.39 Å². The van der Waals surface area contributed by atoms with Crippen molar-refractivity contribution in [3.63, 3.8) is 0 Å². The van der Waals surface area contributed by atoms with Crippen LogP contribution in [0.2, 0.25) is 0 Å². The summed E-state index contributed by atoms with van der Waals surface area (Å²) in [5.74, 6) is 0.463. The number of unbranched alkanes of at least 4 members (excludes halogenated alkanes) is 3. The molecule has 0 aliphatic rings. The summed E-state index contributed by atoms with van der Waals surface area (Å²) in [6, 6.07) is 4.75. The second kappa shape index (κ2) is 10.2. The lowest BCUT2D eigenvalue weighted by molar-refractivity contribution is 0.304. The van der Waals surface area contributed by atoms with E-state index in [0.717, 1.165) is 25.3 Å². The third-order valence-corrected chi connectivity index (χ3v) is 3.44. The van der Waals surface area contributed by atoms with Crippen molar-refractivity contribution in [1.29, 1.82) is 0 Å². The highest BCUT2D eigenvalue weighted by Gasteiger charge is 2.00. The Hall–Kier alpha value is -0.610. The fourth-order valence-corrected chi connectivity index (χ4v) is 2.12. The van der Waals surface area contributed by atoms with Crippen molar-refractivity contribution < 1.29 is 9.13 Å². The van der Waals surface area contributed by atoms with E-state index in [9.17, 15) is 4.39 Å². The molecule has 0 radical (unpaired) electrons. The first-order valence-corrected chi connectivity index (χ1v) is 7.82. The average molecular weight is 332 g/mol. The molecule has 0 bridgehead atoms. The monoisotopic (exact) mass is 331 g/mol. The molecule has 0 amide bonds. The van der Waals surface area contributed by atoms with Crippen molar-refractivity contribution in [3.05, 3.63) is 28.5 Å². The predicted octanol–water partition coefficient (Wildman–Crippen LogP) is 4.53. The summed E-state index contributed by atoms with van der Waals surface area (Å²) in [5.41, 5.74) is 0. The highest BCUT2D eigenvalue weighted by atomic mass is 79.9. The Morgan fingerprint density at radius 2 is 1.95 bits per heavy atom. The third kappa shape index (κ3) is 7.53. The summed E-state index contributed by atoms with van der Waals surface area (Å²) in [6.07, 6.45) is 5.87. The maximum atomic E-state index is 13.0. The Bertz CT molecular complexity index is 360. The fourth-order valence-electron chi connectivity index (χ4n) is 1.76. The second-order valence-corrected chi connectivity index (χ2v) is 5.44. The second-order valence-electron chi connectivity index (χ2n) is 4.59. The van der Waals surface area contributed by atoms with E-state index >= 15 is 0 Å². The zero-order valence-corrected chi connectivity index (χ0v) is 13.1. The van der Waals surface area contributed by atoms with Gasteiger partial charge in [0.05, 0.1) is 11.1 Å². The van der Waals surface area contributed by atoms with Gasteiger partial charge in [-0.3, -0.25) is 0 Å². The van der Waals surface area contributed by atoms with Crippen LogP contribution in [0.25, 0.3) is 0 Å². The van der Waals surface area contributed by atoms with Gasteiger partial charge in [-0.05, 0) is 66.5 Å². The lowest BCUT2D eigenvalue weighted by Crippen LogP contribution is -2.15. The number of rotatable bonds is 10. The van der Waals surface area contributed by atoms with Crippen molar-refractivity contribution in [1.82, 2.24) is 5.32 Å². The zero-order chi connectivity index (χ0) is 13.9. The first-order valence-electron chi connectivity index (χ1n) is 7.02. The lowest BCUT2D eigenvalue weighted by atomic mass is 10.2. The summed E-state index contributed by atoms with van der Waals surface area (Å²) in [7, 11) is 0. The van der Waals surface area contributed by atoms with E-state index in [1.807, 2.05) is 0 Å². The number of benzene rings is 1. The van der Waals surface area contributed by atoms with Gasteiger partial charge in [0.25, 0.3) is 0 Å². The number of hydrogen-bond donors (Lipinski definition) is 1. The van der Waals surface area contributed by atoms with Crippen LogP contribution in [0.3, 0.4) is 0 Å². The molecule has 1 aromatic carbocycles. The Labute approximate surface area is 123 Å². The van der Waals surface area contributed by atoms with Gasteiger partial charge < -0.3 is 10.1 Å². The molecule has 19 heavy (non-hydrogen) atoms. The van der Waals surface area contributed by atoms with Crippen LogP contribution in [-0.2, 0) is 0 Å². The van der Waals surface area contributed by atoms with Gasteiger partial charge in [-0.15, -0.1) is 0 Å². The molecule has 0 unspecified atom stereocenters. The van der Waals surface area contributed by atoms with E-state index in [1.54, 1.807) is 12.1 Å². The first kappa shape index (κ1) is 16.4. The van der Waals surface area contributed by atoms with E-state index in [1.165, 1.54) is 31.7 Å². The maximum Gasteiger partial charge on any atom is 0.137 e. The summed E-state index contributed by atoms with van der Waals surface area (Å²) in [6.45, 7) is 5.10.